The number of alkyl halides is 1. The lowest BCUT2D eigenvalue weighted by atomic mass is 9.48. The molecule has 1 aliphatic heterocycles. The minimum atomic E-state index is -1.10. The number of fused-ring (bicyclic) bond motifs is 4. The van der Waals surface area contributed by atoms with E-state index in [1.54, 1.807) is 13.0 Å². The number of carbonyl (C=O) groups is 1. The summed E-state index contributed by atoms with van der Waals surface area (Å²) in [4.78, 5) is 27.1. The predicted octanol–water partition coefficient (Wildman–Crippen LogP) is 6.54. The smallest absolute Gasteiger partial charge is 0.148 e. The summed E-state index contributed by atoms with van der Waals surface area (Å²) in [5.41, 5.74) is 4.54. The molecular formula is C33H39FN2O3. The molecule has 6 rings (SSSR count). The Balaban J connectivity index is 1.49. The first kappa shape index (κ1) is 26.4. The monoisotopic (exact) mass is 530 g/mol. The highest BCUT2D eigenvalue weighted by Gasteiger charge is 2.65. The standard InChI is InChI=1S/C33H39FN2O3/c1-4-12-33(21(2)37)13-11-29-27-19-30(34)26-18-23(35-38)7-10-25(26)31(27)28(20-32(29,33)3)22-5-8-24(9-6-22)36-14-16-39-17-15-36/h5-6,8-9,18,23,27-30H,7,10-11,13-17,19-20H2,1-3H3/t23?,27-,28?,29-,30?,32-,33+/m0/s1. The molecular weight excluding hydrogens is 491 g/mol. The molecule has 1 aromatic rings. The number of hydrogen-bond acceptors (Lipinski definition) is 5. The predicted molar refractivity (Wildman–Crippen MR) is 151 cm³/mol. The van der Waals surface area contributed by atoms with Crippen molar-refractivity contribution in [3.8, 4) is 11.8 Å². The first-order valence-corrected chi connectivity index (χ1v) is 14.6. The van der Waals surface area contributed by atoms with Crippen molar-refractivity contribution in [1.82, 2.24) is 0 Å². The van der Waals surface area contributed by atoms with Gasteiger partial charge >= 0.3 is 0 Å². The third-order valence-electron chi connectivity index (χ3n) is 10.8. The van der Waals surface area contributed by atoms with Crippen molar-refractivity contribution in [3.05, 3.63) is 57.5 Å². The second kappa shape index (κ2) is 10.0. The van der Waals surface area contributed by atoms with Crippen LogP contribution in [0.25, 0.3) is 0 Å². The van der Waals surface area contributed by atoms with Gasteiger partial charge in [-0.15, -0.1) is 5.92 Å². The van der Waals surface area contributed by atoms with Crippen LogP contribution in [-0.4, -0.2) is 44.3 Å². The highest BCUT2D eigenvalue weighted by molar-refractivity contribution is 5.87. The van der Waals surface area contributed by atoms with E-state index >= 15 is 4.39 Å². The lowest BCUT2D eigenvalue weighted by Gasteiger charge is -2.55. The molecule has 1 heterocycles. The van der Waals surface area contributed by atoms with Crippen molar-refractivity contribution in [2.24, 2.45) is 27.8 Å². The summed E-state index contributed by atoms with van der Waals surface area (Å²) in [5.74, 6) is 7.01. The lowest BCUT2D eigenvalue weighted by molar-refractivity contribution is -0.130. The summed E-state index contributed by atoms with van der Waals surface area (Å²) in [7, 11) is 0. The number of halogens is 1. The number of ether oxygens (including phenoxy) is 1. The first-order valence-electron chi connectivity index (χ1n) is 14.6. The molecule has 39 heavy (non-hydrogen) atoms. The molecule has 0 spiro atoms. The average molecular weight is 531 g/mol. The van der Waals surface area contributed by atoms with Crippen LogP contribution < -0.4 is 4.90 Å². The number of carbonyl (C=O) groups excluding carboxylic acids is 1. The first-order chi connectivity index (χ1) is 18.8. The third-order valence-corrected chi connectivity index (χ3v) is 10.8. The summed E-state index contributed by atoms with van der Waals surface area (Å²) >= 11 is 0. The van der Waals surface area contributed by atoms with Gasteiger partial charge in [-0.1, -0.05) is 41.8 Å². The fourth-order valence-corrected chi connectivity index (χ4v) is 8.98. The minimum Gasteiger partial charge on any atom is -0.378 e. The van der Waals surface area contributed by atoms with E-state index in [1.165, 1.54) is 16.8 Å². The van der Waals surface area contributed by atoms with E-state index in [9.17, 15) is 9.70 Å². The van der Waals surface area contributed by atoms with Crippen molar-refractivity contribution in [2.45, 2.75) is 77.4 Å². The highest BCUT2D eigenvalue weighted by Crippen LogP contribution is 2.69. The number of ketones is 1. The molecule has 1 saturated heterocycles. The van der Waals surface area contributed by atoms with Crippen LogP contribution in [0.2, 0.25) is 0 Å². The molecule has 1 aromatic carbocycles. The van der Waals surface area contributed by atoms with Crippen LogP contribution in [0.4, 0.5) is 10.1 Å². The van der Waals surface area contributed by atoms with Gasteiger partial charge in [-0.3, -0.25) is 4.79 Å². The average Bonchev–Trinajstić information content (AvgIpc) is 3.26. The molecule has 3 fully saturated rings. The Morgan fingerprint density at radius 1 is 1.18 bits per heavy atom. The van der Waals surface area contributed by atoms with Gasteiger partial charge in [0.25, 0.3) is 0 Å². The van der Waals surface area contributed by atoms with Gasteiger partial charge in [0.2, 0.25) is 0 Å². The maximum absolute atomic E-state index is 15.9. The zero-order valence-electron chi connectivity index (χ0n) is 23.3. The second-order valence-corrected chi connectivity index (χ2v) is 12.4. The zero-order valence-corrected chi connectivity index (χ0v) is 23.3. The van der Waals surface area contributed by atoms with E-state index in [2.05, 4.69) is 53.1 Å². The number of Topliss-reactive ketones (excluding diaryl/α,β-unsaturated/α-hetero) is 1. The highest BCUT2D eigenvalue weighted by atomic mass is 19.1. The van der Waals surface area contributed by atoms with Gasteiger partial charge in [-0.05, 0) is 98.5 Å². The molecule has 4 aliphatic carbocycles. The Kier molecular flexibility index (Phi) is 6.78. The molecule has 5 nitrogen and oxygen atoms in total. The molecule has 0 N–H and O–H groups in total. The Labute approximate surface area is 231 Å². The molecule has 5 aliphatic rings. The van der Waals surface area contributed by atoms with Gasteiger partial charge in [-0.2, -0.15) is 4.91 Å². The number of benzene rings is 1. The van der Waals surface area contributed by atoms with E-state index in [-0.39, 0.29) is 29.0 Å². The lowest BCUT2D eigenvalue weighted by Crippen LogP contribution is -2.51. The van der Waals surface area contributed by atoms with Crippen molar-refractivity contribution in [2.75, 3.05) is 31.2 Å². The number of anilines is 1. The SMILES string of the molecule is CC#C[C@]1(C(C)=O)CC[C@H]2[C@@H]3CC(F)C4=CC(N=O)CCC4=C3C(c3ccc(N4CCOCC4)cc3)C[C@@]21C. The van der Waals surface area contributed by atoms with Gasteiger partial charge in [-0.25, -0.2) is 4.39 Å². The fraction of sp³-hybridized carbons (Fsp3) is 0.606. The number of nitroso groups, excluding NO2 is 1. The summed E-state index contributed by atoms with van der Waals surface area (Å²) in [6.07, 6.45) is 4.87. The number of morpholine rings is 1. The van der Waals surface area contributed by atoms with Crippen LogP contribution in [0.5, 0.6) is 0 Å². The number of rotatable bonds is 4. The molecule has 7 atom stereocenters. The van der Waals surface area contributed by atoms with E-state index in [1.807, 2.05) is 6.92 Å². The normalized spacial score (nSPS) is 37.6. The van der Waals surface area contributed by atoms with Crippen molar-refractivity contribution >= 4 is 11.5 Å². The Bertz CT molecular complexity index is 1280. The van der Waals surface area contributed by atoms with E-state index in [4.69, 9.17) is 4.74 Å². The van der Waals surface area contributed by atoms with Crippen LogP contribution in [0, 0.1) is 39.4 Å². The second-order valence-electron chi connectivity index (χ2n) is 12.4. The molecule has 0 radical (unpaired) electrons. The van der Waals surface area contributed by atoms with E-state index < -0.39 is 17.6 Å². The third kappa shape index (κ3) is 4.03. The van der Waals surface area contributed by atoms with Crippen LogP contribution in [-0.2, 0) is 9.53 Å². The molecule has 2 saturated carbocycles. The topological polar surface area (TPSA) is 59.0 Å². The molecule has 6 heteroatoms. The number of nitrogens with zero attached hydrogens (tertiary/aromatic N) is 2. The van der Waals surface area contributed by atoms with Crippen LogP contribution in [0.15, 0.2) is 52.2 Å². The number of allylic oxidation sites excluding steroid dienone is 3. The Hall–Kier alpha value is -2.78. The molecule has 0 amide bonds. The van der Waals surface area contributed by atoms with Crippen molar-refractivity contribution in [3.63, 3.8) is 0 Å². The Morgan fingerprint density at radius 2 is 1.92 bits per heavy atom. The zero-order chi connectivity index (χ0) is 27.4. The van der Waals surface area contributed by atoms with E-state index in [0.717, 1.165) is 51.1 Å². The fourth-order valence-electron chi connectivity index (χ4n) is 8.98. The maximum atomic E-state index is 15.9. The molecule has 206 valence electrons. The minimum absolute atomic E-state index is 0.0652. The summed E-state index contributed by atoms with van der Waals surface area (Å²) in [6, 6.07) is 8.44. The summed E-state index contributed by atoms with van der Waals surface area (Å²) in [6.45, 7) is 9.04. The van der Waals surface area contributed by atoms with Gasteiger partial charge < -0.3 is 9.64 Å². The molecule has 0 aromatic heterocycles. The Morgan fingerprint density at radius 3 is 2.59 bits per heavy atom. The summed E-state index contributed by atoms with van der Waals surface area (Å²) < 4.78 is 21.4. The van der Waals surface area contributed by atoms with Crippen LogP contribution >= 0.6 is 0 Å². The van der Waals surface area contributed by atoms with Crippen LogP contribution in [0.1, 0.15) is 70.8 Å². The van der Waals surface area contributed by atoms with Gasteiger partial charge in [0.1, 0.15) is 18.0 Å². The quantitative estimate of drug-likeness (QED) is 0.328. The van der Waals surface area contributed by atoms with Crippen LogP contribution in [0.3, 0.4) is 0 Å². The molecule has 3 unspecified atom stereocenters. The van der Waals surface area contributed by atoms with Gasteiger partial charge in [0, 0.05) is 24.7 Å². The maximum Gasteiger partial charge on any atom is 0.148 e. The van der Waals surface area contributed by atoms with Crippen molar-refractivity contribution in [1.29, 1.82) is 0 Å². The largest absolute Gasteiger partial charge is 0.378 e. The number of hydrogen-bond donors (Lipinski definition) is 0. The van der Waals surface area contributed by atoms with Crippen molar-refractivity contribution < 1.29 is 13.9 Å². The van der Waals surface area contributed by atoms with E-state index in [0.29, 0.717) is 24.8 Å². The van der Waals surface area contributed by atoms with Gasteiger partial charge in [0.05, 0.1) is 18.6 Å². The van der Waals surface area contributed by atoms with Gasteiger partial charge in [0.15, 0.2) is 0 Å². The summed E-state index contributed by atoms with van der Waals surface area (Å²) in [5, 5.41) is 3.25. The molecule has 0 bridgehead atoms.